The summed E-state index contributed by atoms with van der Waals surface area (Å²) in [4.78, 5) is 16.2. The molecule has 2 aromatic heterocycles. The molecule has 0 amide bonds. The molecule has 2 aliphatic heterocycles. The maximum absolute atomic E-state index is 5.96. The fourth-order valence-electron chi connectivity index (χ4n) is 3.53. The highest BCUT2D eigenvalue weighted by Gasteiger charge is 2.25. The van der Waals surface area contributed by atoms with Crippen LogP contribution in [0.4, 0.5) is 11.6 Å². The number of aromatic nitrogens is 3. The van der Waals surface area contributed by atoms with E-state index in [0.717, 1.165) is 30.0 Å². The molecule has 152 valence electrons. The van der Waals surface area contributed by atoms with Crippen LogP contribution in [0.3, 0.4) is 0 Å². The minimum absolute atomic E-state index is 0. The molecule has 28 heavy (non-hydrogen) atoms. The highest BCUT2D eigenvalue weighted by molar-refractivity contribution is 7.99. The predicted molar refractivity (Wildman–Crippen MR) is 113 cm³/mol. The monoisotopic (exact) mass is 404 g/mol. The van der Waals surface area contributed by atoms with E-state index < -0.39 is 0 Å². The summed E-state index contributed by atoms with van der Waals surface area (Å²) >= 11 is 1.97. The van der Waals surface area contributed by atoms with Crippen LogP contribution >= 0.6 is 11.8 Å². The van der Waals surface area contributed by atoms with Crippen molar-refractivity contribution in [2.75, 3.05) is 43.3 Å². The van der Waals surface area contributed by atoms with Crippen molar-refractivity contribution in [2.45, 2.75) is 31.1 Å². The van der Waals surface area contributed by atoms with E-state index in [9.17, 15) is 0 Å². The van der Waals surface area contributed by atoms with Gasteiger partial charge < -0.3 is 26.3 Å². The first-order valence-electron chi connectivity index (χ1n) is 9.31. The Morgan fingerprint density at radius 1 is 1.25 bits per heavy atom. The van der Waals surface area contributed by atoms with Gasteiger partial charge in [0.25, 0.3) is 0 Å². The molecule has 9 heteroatoms. The molecule has 2 unspecified atom stereocenters. The van der Waals surface area contributed by atoms with Crippen molar-refractivity contribution in [1.82, 2.24) is 21.1 Å². The van der Waals surface area contributed by atoms with Crippen molar-refractivity contribution in [1.29, 1.82) is 0 Å². The molecular weight excluding hydrogens is 376 g/mol. The lowest BCUT2D eigenvalue weighted by molar-refractivity contribution is 0.0985. The number of ether oxygens (including phenoxy) is 2. The number of anilines is 2. The summed E-state index contributed by atoms with van der Waals surface area (Å²) in [5.41, 5.74) is 7.87. The predicted octanol–water partition coefficient (Wildman–Crippen LogP) is 3.08. The van der Waals surface area contributed by atoms with E-state index in [1.54, 1.807) is 13.2 Å². The van der Waals surface area contributed by atoms with E-state index in [1.165, 1.54) is 12.2 Å². The Morgan fingerprint density at radius 3 is 2.82 bits per heavy atom. The average molecular weight is 405 g/mol. The third-order valence-corrected chi connectivity index (χ3v) is 6.35. The van der Waals surface area contributed by atoms with E-state index in [-0.39, 0.29) is 12.2 Å². The van der Waals surface area contributed by atoms with Gasteiger partial charge in [-0.15, -0.1) is 0 Å². The van der Waals surface area contributed by atoms with Gasteiger partial charge in [0.2, 0.25) is 5.88 Å². The molecule has 2 fully saturated rings. The van der Waals surface area contributed by atoms with Crippen LogP contribution in [0.25, 0.3) is 11.4 Å². The summed E-state index contributed by atoms with van der Waals surface area (Å²) in [6, 6.07) is 6.07. The highest BCUT2D eigenvalue weighted by atomic mass is 32.2. The van der Waals surface area contributed by atoms with Crippen LogP contribution in [0, 0.1) is 0 Å². The normalized spacial score (nSPS) is 22.0. The second-order valence-electron chi connectivity index (χ2n) is 6.92. The van der Waals surface area contributed by atoms with Crippen molar-refractivity contribution in [3.8, 4) is 17.3 Å². The maximum Gasteiger partial charge on any atom is 0.215 e. The SMILES string of the molecule is COc1cc(-c2nc(C3CCCS3)cc(N3CCOCC3C)n2)cc(N)n1.N. The van der Waals surface area contributed by atoms with Gasteiger partial charge in [0, 0.05) is 29.5 Å². The zero-order valence-electron chi connectivity index (χ0n) is 16.4. The standard InChI is InChI=1S/C19H25N5O2S.H3N/c1-12-11-26-6-5-24(12)17-10-14(15-4-3-7-27-15)21-19(23-17)13-8-16(20)22-18(9-13)25-2;/h8-10,12,15H,3-7,11H2,1-2H3,(H2,20,22);1H3. The molecule has 0 bridgehead atoms. The van der Waals surface area contributed by atoms with Crippen LogP contribution in [-0.4, -0.2) is 53.6 Å². The van der Waals surface area contributed by atoms with Gasteiger partial charge in [-0.3, -0.25) is 0 Å². The molecule has 2 aliphatic rings. The van der Waals surface area contributed by atoms with Gasteiger partial charge >= 0.3 is 0 Å². The second kappa shape index (κ2) is 8.93. The van der Waals surface area contributed by atoms with Crippen molar-refractivity contribution >= 4 is 23.4 Å². The van der Waals surface area contributed by atoms with Crippen LogP contribution in [0.5, 0.6) is 5.88 Å². The molecule has 0 spiro atoms. The second-order valence-corrected chi connectivity index (χ2v) is 8.23. The molecule has 5 N–H and O–H groups in total. The summed E-state index contributed by atoms with van der Waals surface area (Å²) in [6.45, 7) is 4.42. The lowest BCUT2D eigenvalue weighted by Crippen LogP contribution is -2.44. The van der Waals surface area contributed by atoms with Crippen molar-refractivity contribution in [3.63, 3.8) is 0 Å². The third-order valence-electron chi connectivity index (χ3n) is 4.94. The van der Waals surface area contributed by atoms with Gasteiger partial charge in [-0.2, -0.15) is 16.7 Å². The largest absolute Gasteiger partial charge is 0.481 e. The summed E-state index contributed by atoms with van der Waals surface area (Å²) in [7, 11) is 1.58. The average Bonchev–Trinajstić information content (AvgIpc) is 3.22. The van der Waals surface area contributed by atoms with Gasteiger partial charge in [0.1, 0.15) is 11.6 Å². The fourth-order valence-corrected chi connectivity index (χ4v) is 4.77. The van der Waals surface area contributed by atoms with Crippen LogP contribution in [0.15, 0.2) is 18.2 Å². The molecule has 4 rings (SSSR count). The zero-order valence-corrected chi connectivity index (χ0v) is 17.2. The molecule has 2 saturated heterocycles. The molecule has 0 aliphatic carbocycles. The highest BCUT2D eigenvalue weighted by Crippen LogP contribution is 2.40. The number of nitrogen functional groups attached to an aromatic ring is 1. The van der Waals surface area contributed by atoms with Crippen molar-refractivity contribution < 1.29 is 9.47 Å². The van der Waals surface area contributed by atoms with E-state index >= 15 is 0 Å². The molecule has 8 nitrogen and oxygen atoms in total. The number of pyridine rings is 1. The first-order valence-corrected chi connectivity index (χ1v) is 10.4. The number of hydrogen-bond acceptors (Lipinski definition) is 9. The summed E-state index contributed by atoms with van der Waals surface area (Å²) in [5, 5.41) is 0.419. The van der Waals surface area contributed by atoms with E-state index in [2.05, 4.69) is 22.9 Å². The molecule has 0 radical (unpaired) electrons. The number of thioether (sulfide) groups is 1. The van der Waals surface area contributed by atoms with E-state index in [1.807, 2.05) is 17.8 Å². The fraction of sp³-hybridized carbons (Fsp3) is 0.526. The minimum atomic E-state index is 0. The Hall–Kier alpha value is -2.10. The third kappa shape index (κ3) is 4.31. The summed E-state index contributed by atoms with van der Waals surface area (Å²) in [5.74, 6) is 3.67. The zero-order chi connectivity index (χ0) is 18.8. The summed E-state index contributed by atoms with van der Waals surface area (Å²) < 4.78 is 10.9. The Kier molecular flexibility index (Phi) is 6.58. The number of nitrogens with two attached hydrogens (primary N) is 1. The van der Waals surface area contributed by atoms with Crippen LogP contribution in [0.2, 0.25) is 0 Å². The van der Waals surface area contributed by atoms with E-state index in [0.29, 0.717) is 36.0 Å². The van der Waals surface area contributed by atoms with E-state index in [4.69, 9.17) is 25.2 Å². The van der Waals surface area contributed by atoms with Crippen molar-refractivity contribution in [2.24, 2.45) is 0 Å². The molecular formula is C19H28N6O2S. The first kappa shape index (κ1) is 20.6. The van der Waals surface area contributed by atoms with Crippen LogP contribution in [0.1, 0.15) is 30.7 Å². The molecule has 0 saturated carbocycles. The van der Waals surface area contributed by atoms with Gasteiger partial charge in [0.15, 0.2) is 5.82 Å². The Morgan fingerprint density at radius 2 is 2.11 bits per heavy atom. The number of nitrogens with zero attached hydrogens (tertiary/aromatic N) is 4. The summed E-state index contributed by atoms with van der Waals surface area (Å²) in [6.07, 6.45) is 2.38. The number of morpholine rings is 1. The first-order chi connectivity index (χ1) is 13.1. The quantitative estimate of drug-likeness (QED) is 0.791. The van der Waals surface area contributed by atoms with Crippen molar-refractivity contribution in [3.05, 3.63) is 23.9 Å². The topological polar surface area (TPSA) is 121 Å². The van der Waals surface area contributed by atoms with Gasteiger partial charge in [-0.25, -0.2) is 9.97 Å². The molecule has 0 aromatic carbocycles. The molecule has 2 atom stereocenters. The molecule has 2 aromatic rings. The Labute approximate surface area is 169 Å². The van der Waals surface area contributed by atoms with Crippen LogP contribution < -0.4 is 21.5 Å². The van der Waals surface area contributed by atoms with Gasteiger partial charge in [-0.1, -0.05) is 0 Å². The van der Waals surface area contributed by atoms with Crippen LogP contribution in [-0.2, 0) is 4.74 Å². The number of methoxy groups -OCH3 is 1. The molecule has 4 heterocycles. The lowest BCUT2D eigenvalue weighted by Gasteiger charge is -2.34. The Balaban J connectivity index is 0.00000225. The van der Waals surface area contributed by atoms with Gasteiger partial charge in [-0.05, 0) is 31.6 Å². The number of hydrogen-bond donors (Lipinski definition) is 2. The maximum atomic E-state index is 5.96. The Bertz CT molecular complexity index is 815. The lowest BCUT2D eigenvalue weighted by atomic mass is 10.1. The van der Waals surface area contributed by atoms with Gasteiger partial charge in [0.05, 0.1) is 32.1 Å². The number of rotatable bonds is 4. The minimum Gasteiger partial charge on any atom is -0.481 e. The smallest absolute Gasteiger partial charge is 0.215 e.